The molecule has 0 aromatic carbocycles. The summed E-state index contributed by atoms with van der Waals surface area (Å²) in [7, 11) is 0. The molecule has 108 valence electrons. The summed E-state index contributed by atoms with van der Waals surface area (Å²) in [6.07, 6.45) is 6.94. The molecule has 19 heavy (non-hydrogen) atoms. The van der Waals surface area contributed by atoms with Gasteiger partial charge in [-0.1, -0.05) is 26.8 Å². The number of carbonyl (C=O) groups excluding carboxylic acids is 1. The van der Waals surface area contributed by atoms with Crippen LogP contribution in [-0.2, 0) is 9.53 Å². The van der Waals surface area contributed by atoms with Crippen LogP contribution in [0.5, 0.6) is 0 Å². The first-order chi connectivity index (χ1) is 8.98. The summed E-state index contributed by atoms with van der Waals surface area (Å²) in [5.74, 6) is 1.44. The van der Waals surface area contributed by atoms with E-state index in [0.717, 1.165) is 25.7 Å². The molecule has 0 N–H and O–H groups in total. The van der Waals surface area contributed by atoms with Gasteiger partial charge in [0, 0.05) is 12.8 Å². The Morgan fingerprint density at radius 2 is 2.05 bits per heavy atom. The molecule has 3 aliphatic rings. The number of fused-ring (bicyclic) bond motifs is 1. The topological polar surface area (TPSA) is 26.3 Å². The number of hydrogen-bond acceptors (Lipinski definition) is 2. The monoisotopic (exact) mass is 264 g/mol. The van der Waals surface area contributed by atoms with Gasteiger partial charge < -0.3 is 4.74 Å². The van der Waals surface area contributed by atoms with Crippen molar-refractivity contribution in [1.29, 1.82) is 0 Å². The van der Waals surface area contributed by atoms with E-state index in [1.165, 1.54) is 5.57 Å². The summed E-state index contributed by atoms with van der Waals surface area (Å²) < 4.78 is 6.50. The first-order valence-electron chi connectivity index (χ1n) is 7.89. The SMILES string of the molecule is CC.CCC1CC(=O)CC2=CCC3CC21OC3(C)C. The van der Waals surface area contributed by atoms with Crippen molar-refractivity contribution in [3.05, 3.63) is 11.6 Å². The van der Waals surface area contributed by atoms with Crippen LogP contribution in [0.3, 0.4) is 0 Å². The standard InChI is InChI=1S/C15H22O2.C2H6/c1-4-10-7-13(16)8-11-5-6-12-9-15(10,11)17-14(12,2)3;1-2/h5,10,12H,4,6-9H2,1-3H3;1-2H3. The van der Waals surface area contributed by atoms with Gasteiger partial charge in [-0.25, -0.2) is 0 Å². The molecule has 1 saturated heterocycles. The lowest BCUT2D eigenvalue weighted by molar-refractivity contribution is -0.135. The highest BCUT2D eigenvalue weighted by Crippen LogP contribution is 2.57. The van der Waals surface area contributed by atoms with Gasteiger partial charge in [-0.3, -0.25) is 4.79 Å². The Labute approximate surface area is 117 Å². The van der Waals surface area contributed by atoms with E-state index >= 15 is 0 Å². The molecule has 2 fully saturated rings. The Kier molecular flexibility index (Phi) is 3.92. The Balaban J connectivity index is 0.000000637. The van der Waals surface area contributed by atoms with Crippen molar-refractivity contribution in [3.8, 4) is 0 Å². The van der Waals surface area contributed by atoms with Gasteiger partial charge in [0.15, 0.2) is 0 Å². The maximum absolute atomic E-state index is 11.8. The van der Waals surface area contributed by atoms with Crippen LogP contribution in [0, 0.1) is 11.8 Å². The van der Waals surface area contributed by atoms with Crippen molar-refractivity contribution in [1.82, 2.24) is 0 Å². The maximum Gasteiger partial charge on any atom is 0.137 e. The maximum atomic E-state index is 11.8. The van der Waals surface area contributed by atoms with Gasteiger partial charge in [0.25, 0.3) is 0 Å². The lowest BCUT2D eigenvalue weighted by atomic mass is 9.64. The number of ether oxygens (including phenoxy) is 1. The molecular formula is C17H28O2. The number of Topliss-reactive ketones (excluding diaryl/α,β-unsaturated/α-hetero) is 1. The van der Waals surface area contributed by atoms with Crippen molar-refractivity contribution >= 4 is 5.78 Å². The molecule has 1 heterocycles. The minimum absolute atomic E-state index is 0.0218. The average molecular weight is 264 g/mol. The van der Waals surface area contributed by atoms with Crippen LogP contribution in [0.4, 0.5) is 0 Å². The smallest absolute Gasteiger partial charge is 0.137 e. The van der Waals surface area contributed by atoms with Crippen molar-refractivity contribution in [2.75, 3.05) is 0 Å². The van der Waals surface area contributed by atoms with Crippen molar-refractivity contribution < 1.29 is 9.53 Å². The molecule has 1 aliphatic heterocycles. The molecule has 3 rings (SSSR count). The van der Waals surface area contributed by atoms with Gasteiger partial charge in [-0.05, 0) is 50.5 Å². The van der Waals surface area contributed by atoms with E-state index < -0.39 is 0 Å². The fourth-order valence-electron chi connectivity index (χ4n) is 4.16. The predicted molar refractivity (Wildman–Crippen MR) is 78.1 cm³/mol. The average Bonchev–Trinajstić information content (AvgIpc) is 2.60. The van der Waals surface area contributed by atoms with Crippen LogP contribution in [0.2, 0.25) is 0 Å². The zero-order chi connectivity index (χ0) is 14.3. The van der Waals surface area contributed by atoms with Crippen LogP contribution in [0.15, 0.2) is 11.6 Å². The molecular weight excluding hydrogens is 236 g/mol. The summed E-state index contributed by atoms with van der Waals surface area (Å²) in [6, 6.07) is 0. The van der Waals surface area contributed by atoms with Crippen LogP contribution in [-0.4, -0.2) is 17.0 Å². The molecule has 0 radical (unpaired) electrons. The highest BCUT2D eigenvalue weighted by Gasteiger charge is 2.59. The van der Waals surface area contributed by atoms with E-state index in [0.29, 0.717) is 24.0 Å². The Morgan fingerprint density at radius 3 is 2.68 bits per heavy atom. The van der Waals surface area contributed by atoms with Crippen LogP contribution in [0.25, 0.3) is 0 Å². The third-order valence-electron chi connectivity index (χ3n) is 5.18. The number of hydrogen-bond donors (Lipinski definition) is 0. The first kappa shape index (κ1) is 14.8. The fourth-order valence-corrected chi connectivity index (χ4v) is 4.16. The summed E-state index contributed by atoms with van der Waals surface area (Å²) in [6.45, 7) is 10.6. The Bertz CT molecular complexity index is 394. The molecule has 2 heteroatoms. The summed E-state index contributed by atoms with van der Waals surface area (Å²) >= 11 is 0. The lowest BCUT2D eigenvalue weighted by Crippen LogP contribution is -2.46. The van der Waals surface area contributed by atoms with Gasteiger partial charge >= 0.3 is 0 Å². The van der Waals surface area contributed by atoms with Crippen molar-refractivity contribution in [2.45, 2.75) is 77.9 Å². The van der Waals surface area contributed by atoms with Crippen LogP contribution in [0.1, 0.15) is 66.7 Å². The number of rotatable bonds is 1. The third kappa shape index (κ3) is 2.18. The van der Waals surface area contributed by atoms with E-state index in [1.54, 1.807) is 0 Å². The molecule has 1 saturated carbocycles. The van der Waals surface area contributed by atoms with Crippen molar-refractivity contribution in [3.63, 3.8) is 0 Å². The zero-order valence-electron chi connectivity index (χ0n) is 13.1. The molecule has 2 bridgehead atoms. The zero-order valence-corrected chi connectivity index (χ0v) is 13.1. The Hall–Kier alpha value is -0.630. The number of allylic oxidation sites excluding steroid dienone is 1. The second-order valence-corrected chi connectivity index (χ2v) is 6.49. The largest absolute Gasteiger partial charge is 0.364 e. The molecule has 2 aliphatic carbocycles. The first-order valence-corrected chi connectivity index (χ1v) is 7.89. The summed E-state index contributed by atoms with van der Waals surface area (Å²) in [4.78, 5) is 11.8. The molecule has 0 amide bonds. The fraction of sp³-hybridized carbons (Fsp3) is 0.824. The molecule has 0 aromatic rings. The lowest BCUT2D eigenvalue weighted by Gasteiger charge is -2.44. The predicted octanol–water partition coefficient (Wildman–Crippen LogP) is 4.29. The number of carbonyl (C=O) groups is 1. The van der Waals surface area contributed by atoms with Gasteiger partial charge in [0.2, 0.25) is 0 Å². The molecule has 0 aromatic heterocycles. The summed E-state index contributed by atoms with van der Waals surface area (Å²) in [5.41, 5.74) is 1.18. The van der Waals surface area contributed by atoms with Gasteiger partial charge in [-0.2, -0.15) is 0 Å². The van der Waals surface area contributed by atoms with Crippen LogP contribution < -0.4 is 0 Å². The van der Waals surface area contributed by atoms with E-state index in [1.807, 2.05) is 13.8 Å². The Morgan fingerprint density at radius 1 is 1.37 bits per heavy atom. The highest BCUT2D eigenvalue weighted by molar-refractivity contribution is 5.83. The van der Waals surface area contributed by atoms with Gasteiger partial charge in [0.05, 0.1) is 11.2 Å². The second-order valence-electron chi connectivity index (χ2n) is 6.49. The quantitative estimate of drug-likeness (QED) is 0.661. The molecule has 2 nitrogen and oxygen atoms in total. The van der Waals surface area contributed by atoms with E-state index in [4.69, 9.17) is 4.74 Å². The van der Waals surface area contributed by atoms with Gasteiger partial charge in [0.1, 0.15) is 5.78 Å². The third-order valence-corrected chi connectivity index (χ3v) is 5.18. The van der Waals surface area contributed by atoms with Gasteiger partial charge in [-0.15, -0.1) is 0 Å². The van der Waals surface area contributed by atoms with E-state index in [-0.39, 0.29) is 11.2 Å². The summed E-state index contributed by atoms with van der Waals surface area (Å²) in [5, 5.41) is 0. The minimum atomic E-state index is -0.0882. The molecule has 1 spiro atoms. The minimum Gasteiger partial charge on any atom is -0.364 e. The second kappa shape index (κ2) is 5.05. The molecule has 3 unspecified atom stereocenters. The van der Waals surface area contributed by atoms with Crippen molar-refractivity contribution in [2.24, 2.45) is 11.8 Å². The number of ketones is 1. The van der Waals surface area contributed by atoms with Crippen LogP contribution >= 0.6 is 0 Å². The highest BCUT2D eigenvalue weighted by atomic mass is 16.5. The molecule has 3 atom stereocenters. The van der Waals surface area contributed by atoms with E-state index in [2.05, 4.69) is 26.8 Å². The van der Waals surface area contributed by atoms with E-state index in [9.17, 15) is 4.79 Å². The normalized spacial score (nSPS) is 39.0.